The number of anilines is 1. The number of amides is 1. The molecule has 0 fully saturated rings. The SMILES string of the molecule is Cc1ccnc(NCc2ncc(-c3ccc(CC(NC(=O)c4c(C)cc(C)cc4C)C(=O)O)cc3)s2)c1. The largest absolute Gasteiger partial charge is 0.480 e. The van der Waals surface area contributed by atoms with Crippen LogP contribution in [0.25, 0.3) is 10.4 Å². The summed E-state index contributed by atoms with van der Waals surface area (Å²) in [6, 6.07) is 14.5. The second-order valence-corrected chi connectivity index (χ2v) is 10.3. The first kappa shape index (κ1) is 26.0. The van der Waals surface area contributed by atoms with Gasteiger partial charge in [-0.1, -0.05) is 42.0 Å². The van der Waals surface area contributed by atoms with Crippen LogP contribution in [0.4, 0.5) is 5.82 Å². The van der Waals surface area contributed by atoms with Gasteiger partial charge in [-0.25, -0.2) is 14.8 Å². The van der Waals surface area contributed by atoms with Crippen molar-refractivity contribution in [3.05, 3.63) is 99.3 Å². The Morgan fingerprint density at radius 3 is 2.30 bits per heavy atom. The van der Waals surface area contributed by atoms with Gasteiger partial charge in [-0.05, 0) is 67.6 Å². The quantitative estimate of drug-likeness (QED) is 0.273. The van der Waals surface area contributed by atoms with E-state index in [1.165, 1.54) is 0 Å². The number of carbonyl (C=O) groups is 2. The minimum Gasteiger partial charge on any atom is -0.480 e. The van der Waals surface area contributed by atoms with Crippen molar-refractivity contribution in [2.45, 2.75) is 46.7 Å². The zero-order valence-electron chi connectivity index (χ0n) is 21.3. The number of pyridine rings is 1. The van der Waals surface area contributed by atoms with Gasteiger partial charge in [0.05, 0.1) is 11.4 Å². The van der Waals surface area contributed by atoms with Gasteiger partial charge >= 0.3 is 5.97 Å². The Bertz CT molecular complexity index is 1410. The van der Waals surface area contributed by atoms with Gasteiger partial charge in [0.1, 0.15) is 16.9 Å². The maximum Gasteiger partial charge on any atom is 0.326 e. The Balaban J connectivity index is 1.40. The molecule has 0 aliphatic heterocycles. The molecule has 0 bridgehead atoms. The molecule has 7 nitrogen and oxygen atoms in total. The Kier molecular flexibility index (Phi) is 7.98. The molecule has 3 N–H and O–H groups in total. The number of aromatic nitrogens is 2. The first-order chi connectivity index (χ1) is 17.7. The van der Waals surface area contributed by atoms with Gasteiger partial charge in [-0.3, -0.25) is 4.79 Å². The average Bonchev–Trinajstić information content (AvgIpc) is 3.31. The third-order valence-corrected chi connectivity index (χ3v) is 7.12. The number of carbonyl (C=O) groups excluding carboxylic acids is 1. The van der Waals surface area contributed by atoms with Crippen molar-refractivity contribution in [3.63, 3.8) is 0 Å². The van der Waals surface area contributed by atoms with Crippen molar-refractivity contribution in [1.82, 2.24) is 15.3 Å². The molecule has 2 aromatic heterocycles. The van der Waals surface area contributed by atoms with Crippen LogP contribution in [-0.4, -0.2) is 33.0 Å². The van der Waals surface area contributed by atoms with Crippen molar-refractivity contribution in [2.24, 2.45) is 0 Å². The predicted molar refractivity (Wildman–Crippen MR) is 147 cm³/mol. The summed E-state index contributed by atoms with van der Waals surface area (Å²) in [5, 5.41) is 16.7. The molecule has 2 heterocycles. The normalized spacial score (nSPS) is 11.7. The Hall–Kier alpha value is -4.04. The van der Waals surface area contributed by atoms with Crippen LogP contribution in [0.15, 0.2) is 60.9 Å². The summed E-state index contributed by atoms with van der Waals surface area (Å²) in [6.45, 7) is 8.31. The molecule has 1 atom stereocenters. The lowest BCUT2D eigenvalue weighted by molar-refractivity contribution is -0.139. The molecular weight excluding hydrogens is 484 g/mol. The summed E-state index contributed by atoms with van der Waals surface area (Å²) in [6.07, 6.45) is 3.80. The molecule has 8 heteroatoms. The van der Waals surface area contributed by atoms with Gasteiger partial charge in [-0.2, -0.15) is 0 Å². The van der Waals surface area contributed by atoms with Gasteiger partial charge in [0.2, 0.25) is 0 Å². The molecule has 0 aliphatic rings. The molecule has 0 saturated heterocycles. The van der Waals surface area contributed by atoms with E-state index in [4.69, 9.17) is 0 Å². The highest BCUT2D eigenvalue weighted by molar-refractivity contribution is 7.15. The second-order valence-electron chi connectivity index (χ2n) is 9.23. The van der Waals surface area contributed by atoms with Crippen LogP contribution in [0.3, 0.4) is 0 Å². The third kappa shape index (κ3) is 6.59. The Labute approximate surface area is 220 Å². The highest BCUT2D eigenvalue weighted by Gasteiger charge is 2.23. The fraction of sp³-hybridized carbons (Fsp3) is 0.241. The number of rotatable bonds is 9. The number of thiazole rings is 1. The third-order valence-electron chi connectivity index (χ3n) is 6.08. The van der Waals surface area contributed by atoms with E-state index in [9.17, 15) is 14.7 Å². The Morgan fingerprint density at radius 2 is 1.65 bits per heavy atom. The summed E-state index contributed by atoms with van der Waals surface area (Å²) in [5.41, 5.74) is 6.22. The highest BCUT2D eigenvalue weighted by atomic mass is 32.1. The van der Waals surface area contributed by atoms with Crippen molar-refractivity contribution < 1.29 is 14.7 Å². The first-order valence-corrected chi connectivity index (χ1v) is 12.8. The van der Waals surface area contributed by atoms with E-state index < -0.39 is 12.0 Å². The number of carboxylic acid groups (broad SMARTS) is 1. The summed E-state index contributed by atoms with van der Waals surface area (Å²) < 4.78 is 0. The lowest BCUT2D eigenvalue weighted by atomic mass is 9.98. The molecule has 4 aromatic rings. The zero-order valence-corrected chi connectivity index (χ0v) is 22.1. The summed E-state index contributed by atoms with van der Waals surface area (Å²) in [5.74, 6) is -0.623. The summed E-state index contributed by atoms with van der Waals surface area (Å²) in [4.78, 5) is 34.7. The minimum atomic E-state index is -1.07. The number of hydrogen-bond donors (Lipinski definition) is 3. The van der Waals surface area contributed by atoms with Crippen LogP contribution >= 0.6 is 11.3 Å². The molecule has 190 valence electrons. The van der Waals surface area contributed by atoms with Crippen LogP contribution in [0, 0.1) is 27.7 Å². The van der Waals surface area contributed by atoms with Crippen LogP contribution in [-0.2, 0) is 17.8 Å². The van der Waals surface area contributed by atoms with E-state index in [1.807, 2.05) is 82.4 Å². The maximum atomic E-state index is 12.9. The van der Waals surface area contributed by atoms with E-state index in [0.29, 0.717) is 12.1 Å². The lowest BCUT2D eigenvalue weighted by Gasteiger charge is -2.17. The van der Waals surface area contributed by atoms with E-state index in [0.717, 1.165) is 49.1 Å². The van der Waals surface area contributed by atoms with Gasteiger partial charge < -0.3 is 15.7 Å². The Morgan fingerprint density at radius 1 is 0.946 bits per heavy atom. The number of nitrogens with zero attached hydrogens (tertiary/aromatic N) is 2. The molecule has 0 saturated carbocycles. The topological polar surface area (TPSA) is 104 Å². The smallest absolute Gasteiger partial charge is 0.326 e. The van der Waals surface area contributed by atoms with Gasteiger partial charge in [0.25, 0.3) is 5.91 Å². The molecule has 0 aliphatic carbocycles. The number of benzene rings is 2. The molecule has 37 heavy (non-hydrogen) atoms. The van der Waals surface area contributed by atoms with Gasteiger partial charge in [0, 0.05) is 24.4 Å². The lowest BCUT2D eigenvalue weighted by Crippen LogP contribution is -2.42. The molecule has 1 unspecified atom stereocenters. The van der Waals surface area contributed by atoms with Crippen LogP contribution < -0.4 is 10.6 Å². The van der Waals surface area contributed by atoms with Gasteiger partial charge in [-0.15, -0.1) is 11.3 Å². The zero-order chi connectivity index (χ0) is 26.5. The fourth-order valence-electron chi connectivity index (χ4n) is 4.33. The highest BCUT2D eigenvalue weighted by Crippen LogP contribution is 2.27. The molecule has 2 aromatic carbocycles. The molecule has 0 spiro atoms. The maximum absolute atomic E-state index is 12.9. The van der Waals surface area contributed by atoms with Gasteiger partial charge in [0.15, 0.2) is 0 Å². The van der Waals surface area contributed by atoms with E-state index in [-0.39, 0.29) is 12.3 Å². The summed E-state index contributed by atoms with van der Waals surface area (Å²) in [7, 11) is 0. The first-order valence-electron chi connectivity index (χ1n) is 12.0. The van der Waals surface area contributed by atoms with Crippen molar-refractivity contribution >= 4 is 29.0 Å². The monoisotopic (exact) mass is 514 g/mol. The predicted octanol–water partition coefficient (Wildman–Crippen LogP) is 5.48. The number of aliphatic carboxylic acids is 1. The minimum absolute atomic E-state index is 0.187. The van der Waals surface area contributed by atoms with E-state index in [2.05, 4.69) is 20.6 Å². The standard InChI is InChI=1S/C29H30N4O3S/c1-17-9-10-30-25(13-17)31-16-26-32-15-24(37-26)22-7-5-21(6-8-22)14-23(29(35)36)33-28(34)27-19(3)11-18(2)12-20(27)4/h5-13,15,23H,14,16H2,1-4H3,(H,30,31)(H,33,34)(H,35,36). The average molecular weight is 515 g/mol. The second kappa shape index (κ2) is 11.3. The molecule has 0 radical (unpaired) electrons. The number of nitrogens with one attached hydrogen (secondary N) is 2. The number of carboxylic acids is 1. The van der Waals surface area contributed by atoms with Crippen LogP contribution in [0.5, 0.6) is 0 Å². The molecule has 4 rings (SSSR count). The van der Waals surface area contributed by atoms with E-state index >= 15 is 0 Å². The van der Waals surface area contributed by atoms with Crippen molar-refractivity contribution in [2.75, 3.05) is 5.32 Å². The summed E-state index contributed by atoms with van der Waals surface area (Å²) >= 11 is 1.59. The molecular formula is C29H30N4O3S. The van der Waals surface area contributed by atoms with E-state index in [1.54, 1.807) is 17.5 Å². The van der Waals surface area contributed by atoms with Crippen LogP contribution in [0.2, 0.25) is 0 Å². The number of hydrogen-bond acceptors (Lipinski definition) is 6. The fourth-order valence-corrected chi connectivity index (χ4v) is 5.20. The van der Waals surface area contributed by atoms with Crippen molar-refractivity contribution in [3.8, 4) is 10.4 Å². The van der Waals surface area contributed by atoms with Crippen LogP contribution in [0.1, 0.15) is 43.2 Å². The molecule has 1 amide bonds. The van der Waals surface area contributed by atoms with Crippen molar-refractivity contribution in [1.29, 1.82) is 0 Å². The number of aryl methyl sites for hydroxylation is 4.